The Morgan fingerprint density at radius 2 is 1.87 bits per heavy atom. The summed E-state index contributed by atoms with van der Waals surface area (Å²) in [7, 11) is 0. The highest BCUT2D eigenvalue weighted by Gasteiger charge is 2.22. The number of benzene rings is 2. The molecule has 156 valence electrons. The number of hydrogen-bond acceptors (Lipinski definition) is 5. The zero-order valence-electron chi connectivity index (χ0n) is 16.4. The van der Waals surface area contributed by atoms with Crippen LogP contribution in [0.1, 0.15) is 23.2 Å². The van der Waals surface area contributed by atoms with Crippen LogP contribution in [-0.2, 0) is 14.3 Å². The molecule has 0 aromatic heterocycles. The first kappa shape index (κ1) is 20.0. The van der Waals surface area contributed by atoms with Crippen molar-refractivity contribution in [3.8, 4) is 11.5 Å². The van der Waals surface area contributed by atoms with E-state index < -0.39 is 11.9 Å². The second kappa shape index (κ2) is 9.04. The van der Waals surface area contributed by atoms with Crippen LogP contribution in [0.25, 0.3) is 0 Å². The number of nitrogens with one attached hydrogen (secondary N) is 1. The van der Waals surface area contributed by atoms with Gasteiger partial charge in [0, 0.05) is 6.07 Å². The third-order valence-corrected chi connectivity index (χ3v) is 4.57. The monoisotopic (exact) mass is 417 g/mol. The first-order chi connectivity index (χ1) is 15.1. The predicted octanol–water partition coefficient (Wildman–Crippen LogP) is 5.12. The predicted molar refractivity (Wildman–Crippen MR) is 113 cm³/mol. The second-order valence-electron chi connectivity index (χ2n) is 6.74. The molecule has 4 rings (SSSR count). The van der Waals surface area contributed by atoms with E-state index in [4.69, 9.17) is 14.2 Å². The molecule has 2 N–H and O–H groups in total. The maximum atomic E-state index is 12.8. The number of ether oxygens (including phenoxy) is 3. The molecule has 2 aromatic rings. The molecular formula is C24H19NO6. The number of carboxylic acid groups (broad SMARTS) is 1. The Labute approximate surface area is 178 Å². The Bertz CT molecular complexity index is 1130. The van der Waals surface area contributed by atoms with Crippen molar-refractivity contribution in [1.29, 1.82) is 0 Å². The summed E-state index contributed by atoms with van der Waals surface area (Å²) in [5.74, 6) is -0.511. The van der Waals surface area contributed by atoms with Crippen molar-refractivity contribution in [2.24, 2.45) is 0 Å². The van der Waals surface area contributed by atoms with E-state index in [1.165, 1.54) is 30.7 Å². The summed E-state index contributed by atoms with van der Waals surface area (Å²) in [6, 6.07) is 13.4. The molecule has 0 fully saturated rings. The van der Waals surface area contributed by atoms with Crippen molar-refractivity contribution in [1.82, 2.24) is 0 Å². The minimum Gasteiger partial charge on any atom is -0.478 e. The number of hydrogen-bond donors (Lipinski definition) is 2. The summed E-state index contributed by atoms with van der Waals surface area (Å²) in [6.45, 7) is 0. The van der Waals surface area contributed by atoms with Gasteiger partial charge in [-0.05, 0) is 42.7 Å². The lowest BCUT2D eigenvalue weighted by Gasteiger charge is -2.19. The van der Waals surface area contributed by atoms with Crippen LogP contribution in [0.4, 0.5) is 5.69 Å². The molecule has 0 unspecified atom stereocenters. The van der Waals surface area contributed by atoms with E-state index in [-0.39, 0.29) is 17.0 Å². The molecule has 2 aromatic carbocycles. The van der Waals surface area contributed by atoms with Crippen molar-refractivity contribution in [3.05, 3.63) is 102 Å². The Kier molecular flexibility index (Phi) is 5.84. The Hall–Kier alpha value is -4.26. The van der Waals surface area contributed by atoms with Crippen LogP contribution < -0.4 is 10.1 Å². The number of amides is 1. The fourth-order valence-electron chi connectivity index (χ4n) is 3.06. The summed E-state index contributed by atoms with van der Waals surface area (Å²) in [5.41, 5.74) is 0.902. The molecule has 1 aliphatic heterocycles. The molecule has 1 heterocycles. The van der Waals surface area contributed by atoms with Crippen molar-refractivity contribution >= 4 is 17.6 Å². The van der Waals surface area contributed by atoms with Crippen molar-refractivity contribution in [2.45, 2.75) is 12.8 Å². The molecular weight excluding hydrogens is 398 g/mol. The molecule has 2 aliphatic rings. The smallest absolute Gasteiger partial charge is 0.337 e. The lowest BCUT2D eigenvalue weighted by Crippen LogP contribution is -2.20. The number of carboxylic acids is 1. The van der Waals surface area contributed by atoms with E-state index in [1.54, 1.807) is 12.1 Å². The Morgan fingerprint density at radius 1 is 1.03 bits per heavy atom. The lowest BCUT2D eigenvalue weighted by molar-refractivity contribution is -0.115. The normalized spacial score (nSPS) is 14.9. The molecule has 0 atom stereocenters. The van der Waals surface area contributed by atoms with E-state index in [2.05, 4.69) is 5.32 Å². The van der Waals surface area contributed by atoms with E-state index in [1.807, 2.05) is 36.4 Å². The summed E-state index contributed by atoms with van der Waals surface area (Å²) in [4.78, 5) is 24.4. The SMILES string of the molecule is O=C(Nc1cc(Oc2ccccc2)ccc1C(=O)O)C1=COC=C(C2=CC=CCC2)O1. The van der Waals surface area contributed by atoms with Crippen molar-refractivity contribution < 1.29 is 28.9 Å². The number of anilines is 1. The zero-order chi connectivity index (χ0) is 21.6. The highest BCUT2D eigenvalue weighted by Crippen LogP contribution is 2.29. The molecule has 7 heteroatoms. The number of allylic oxidation sites excluding steroid dienone is 4. The zero-order valence-corrected chi connectivity index (χ0v) is 16.4. The summed E-state index contributed by atoms with van der Waals surface area (Å²) in [6.07, 6.45) is 10.1. The number of rotatable bonds is 6. The quantitative estimate of drug-likeness (QED) is 0.677. The van der Waals surface area contributed by atoms with Gasteiger partial charge in [-0.1, -0.05) is 36.4 Å². The molecule has 0 radical (unpaired) electrons. The number of carbonyl (C=O) groups excluding carboxylic acids is 1. The third kappa shape index (κ3) is 4.84. The standard InChI is InChI=1S/C24H19NO6/c26-23(22-15-29-14-21(31-22)16-7-3-1-4-8-16)25-20-13-18(11-12-19(20)24(27)28)30-17-9-5-2-6-10-17/h1-3,5-7,9-15H,4,8H2,(H,25,26)(H,27,28). The van der Waals surface area contributed by atoms with Gasteiger partial charge in [0.1, 0.15) is 24.0 Å². The van der Waals surface area contributed by atoms with Crippen LogP contribution in [0, 0.1) is 0 Å². The molecule has 31 heavy (non-hydrogen) atoms. The lowest BCUT2D eigenvalue weighted by atomic mass is 10.0. The van der Waals surface area contributed by atoms with Gasteiger partial charge < -0.3 is 24.6 Å². The van der Waals surface area contributed by atoms with E-state index in [0.717, 1.165) is 18.4 Å². The van der Waals surface area contributed by atoms with Crippen LogP contribution in [0.3, 0.4) is 0 Å². The second-order valence-corrected chi connectivity index (χ2v) is 6.74. The van der Waals surface area contributed by atoms with Gasteiger partial charge in [0.25, 0.3) is 5.91 Å². The van der Waals surface area contributed by atoms with Gasteiger partial charge in [0.05, 0.1) is 11.3 Å². The van der Waals surface area contributed by atoms with Gasteiger partial charge >= 0.3 is 5.97 Å². The van der Waals surface area contributed by atoms with E-state index >= 15 is 0 Å². The molecule has 0 saturated carbocycles. The van der Waals surface area contributed by atoms with Crippen molar-refractivity contribution in [2.75, 3.05) is 5.32 Å². The Balaban J connectivity index is 1.52. The maximum Gasteiger partial charge on any atom is 0.337 e. The molecule has 0 saturated heterocycles. The number of aromatic carboxylic acids is 1. The molecule has 1 amide bonds. The van der Waals surface area contributed by atoms with Gasteiger partial charge in [0.15, 0.2) is 5.76 Å². The first-order valence-electron chi connectivity index (χ1n) is 9.61. The highest BCUT2D eigenvalue weighted by molar-refractivity contribution is 6.06. The molecule has 1 aliphatic carbocycles. The van der Waals surface area contributed by atoms with Gasteiger partial charge in [-0.25, -0.2) is 4.79 Å². The Morgan fingerprint density at radius 3 is 2.61 bits per heavy atom. The van der Waals surface area contributed by atoms with Crippen LogP contribution in [-0.4, -0.2) is 17.0 Å². The average Bonchev–Trinajstić information content (AvgIpc) is 2.80. The fourth-order valence-corrected chi connectivity index (χ4v) is 3.06. The minimum atomic E-state index is -1.18. The summed E-state index contributed by atoms with van der Waals surface area (Å²) >= 11 is 0. The van der Waals surface area contributed by atoms with Crippen LogP contribution in [0.2, 0.25) is 0 Å². The van der Waals surface area contributed by atoms with Crippen LogP contribution >= 0.6 is 0 Å². The van der Waals surface area contributed by atoms with Gasteiger partial charge in [0.2, 0.25) is 5.76 Å². The summed E-state index contributed by atoms with van der Waals surface area (Å²) in [5, 5.41) is 12.1. The third-order valence-electron chi connectivity index (χ3n) is 4.57. The van der Waals surface area contributed by atoms with Gasteiger partial charge in [-0.3, -0.25) is 4.79 Å². The van der Waals surface area contributed by atoms with Crippen LogP contribution in [0.5, 0.6) is 11.5 Å². The average molecular weight is 417 g/mol. The molecule has 0 bridgehead atoms. The largest absolute Gasteiger partial charge is 0.478 e. The first-order valence-corrected chi connectivity index (χ1v) is 9.61. The van der Waals surface area contributed by atoms with Crippen molar-refractivity contribution in [3.63, 3.8) is 0 Å². The number of carbonyl (C=O) groups is 2. The molecule has 0 spiro atoms. The highest BCUT2D eigenvalue weighted by atomic mass is 16.5. The topological polar surface area (TPSA) is 94.1 Å². The van der Waals surface area contributed by atoms with Gasteiger partial charge in [-0.15, -0.1) is 0 Å². The number of para-hydroxylation sites is 1. The van der Waals surface area contributed by atoms with E-state index in [0.29, 0.717) is 17.3 Å². The maximum absolute atomic E-state index is 12.8. The fraction of sp³-hybridized carbons (Fsp3) is 0.0833. The minimum absolute atomic E-state index is 0.0753. The van der Waals surface area contributed by atoms with Crippen LogP contribution in [0.15, 0.2) is 96.4 Å². The van der Waals surface area contributed by atoms with Gasteiger partial charge in [-0.2, -0.15) is 0 Å². The van der Waals surface area contributed by atoms with E-state index in [9.17, 15) is 14.7 Å². The molecule has 7 nitrogen and oxygen atoms in total. The summed E-state index contributed by atoms with van der Waals surface area (Å²) < 4.78 is 16.7.